The standard InChI is InChI=1S/C18H23ClN2O/c19-15-2-1-3-16(7-15)20-11-17(22)21-18-8-12-4-13(9-18)6-14(5-12)10-18/h1-3,7,12-14,20H,4-6,8-11H2,(H,21,22). The second kappa shape index (κ2) is 5.45. The molecule has 4 saturated carbocycles. The molecule has 0 atom stereocenters. The maximum atomic E-state index is 12.4. The molecule has 1 aromatic rings. The summed E-state index contributed by atoms with van der Waals surface area (Å²) in [7, 11) is 0. The lowest BCUT2D eigenvalue weighted by Crippen LogP contribution is -2.60. The fourth-order valence-corrected chi connectivity index (χ4v) is 5.57. The molecule has 2 N–H and O–H groups in total. The zero-order chi connectivity index (χ0) is 15.2. The number of carbonyl (C=O) groups is 1. The summed E-state index contributed by atoms with van der Waals surface area (Å²) in [6.07, 6.45) is 7.79. The smallest absolute Gasteiger partial charge is 0.239 e. The number of nitrogens with one attached hydrogen (secondary N) is 2. The molecule has 4 fully saturated rings. The summed E-state index contributed by atoms with van der Waals surface area (Å²) in [6, 6.07) is 7.51. The van der Waals surface area contributed by atoms with Gasteiger partial charge in [0.15, 0.2) is 0 Å². The molecule has 4 aliphatic carbocycles. The van der Waals surface area contributed by atoms with Crippen molar-refractivity contribution < 1.29 is 4.79 Å². The third kappa shape index (κ3) is 2.83. The first-order chi connectivity index (χ1) is 10.6. The first kappa shape index (κ1) is 14.4. The van der Waals surface area contributed by atoms with Gasteiger partial charge in [-0.1, -0.05) is 17.7 Å². The maximum absolute atomic E-state index is 12.4. The average Bonchev–Trinajstić information content (AvgIpc) is 2.43. The van der Waals surface area contributed by atoms with Gasteiger partial charge < -0.3 is 10.6 Å². The molecule has 4 aliphatic rings. The molecule has 0 radical (unpaired) electrons. The molecule has 0 heterocycles. The largest absolute Gasteiger partial charge is 0.376 e. The Kier molecular flexibility index (Phi) is 3.56. The summed E-state index contributed by atoms with van der Waals surface area (Å²) in [5.74, 6) is 2.68. The van der Waals surface area contributed by atoms with Crippen LogP contribution in [0.4, 0.5) is 5.69 Å². The second-order valence-electron chi connectivity index (χ2n) is 7.61. The van der Waals surface area contributed by atoms with Crippen LogP contribution in [0.25, 0.3) is 0 Å². The van der Waals surface area contributed by atoms with Gasteiger partial charge in [0.05, 0.1) is 6.54 Å². The van der Waals surface area contributed by atoms with Gasteiger partial charge in [0, 0.05) is 16.2 Å². The summed E-state index contributed by atoms with van der Waals surface area (Å²) in [4.78, 5) is 12.4. The molecular formula is C18H23ClN2O. The normalized spacial score (nSPS) is 35.4. The van der Waals surface area contributed by atoms with Crippen LogP contribution in [0.5, 0.6) is 0 Å². The zero-order valence-corrected chi connectivity index (χ0v) is 13.5. The molecule has 5 rings (SSSR count). The van der Waals surface area contributed by atoms with Crippen molar-refractivity contribution in [3.63, 3.8) is 0 Å². The Labute approximate surface area is 136 Å². The lowest BCUT2D eigenvalue weighted by Gasteiger charge is -2.56. The van der Waals surface area contributed by atoms with Crippen LogP contribution < -0.4 is 10.6 Å². The minimum atomic E-state index is 0.0991. The summed E-state index contributed by atoms with van der Waals surface area (Å²) >= 11 is 5.96. The van der Waals surface area contributed by atoms with Crippen molar-refractivity contribution in [2.75, 3.05) is 11.9 Å². The van der Waals surface area contributed by atoms with Gasteiger partial charge in [-0.05, 0) is 74.5 Å². The minimum absolute atomic E-state index is 0.0991. The van der Waals surface area contributed by atoms with E-state index in [1.54, 1.807) is 0 Å². The Hall–Kier alpha value is -1.22. The summed E-state index contributed by atoms with van der Waals surface area (Å²) in [5, 5.41) is 7.23. The Morgan fingerprint density at radius 2 is 1.77 bits per heavy atom. The van der Waals surface area contributed by atoms with E-state index in [1.165, 1.54) is 38.5 Å². The summed E-state index contributed by atoms with van der Waals surface area (Å²) in [5.41, 5.74) is 0.996. The third-order valence-corrected chi connectivity index (χ3v) is 5.96. The highest BCUT2D eigenvalue weighted by Gasteiger charge is 2.51. The van der Waals surface area contributed by atoms with Gasteiger partial charge in [-0.25, -0.2) is 0 Å². The molecule has 0 aromatic heterocycles. The van der Waals surface area contributed by atoms with Gasteiger partial charge in [0.25, 0.3) is 0 Å². The van der Waals surface area contributed by atoms with Crippen molar-refractivity contribution in [1.29, 1.82) is 0 Å². The molecular weight excluding hydrogens is 296 g/mol. The average molecular weight is 319 g/mol. The number of hydrogen-bond donors (Lipinski definition) is 2. The van der Waals surface area contributed by atoms with Crippen molar-refractivity contribution in [3.05, 3.63) is 29.3 Å². The van der Waals surface area contributed by atoms with E-state index >= 15 is 0 Å². The van der Waals surface area contributed by atoms with E-state index in [9.17, 15) is 4.79 Å². The van der Waals surface area contributed by atoms with Crippen LogP contribution >= 0.6 is 11.6 Å². The van der Waals surface area contributed by atoms with Crippen LogP contribution in [0.15, 0.2) is 24.3 Å². The molecule has 1 aromatic carbocycles. The van der Waals surface area contributed by atoms with Crippen LogP contribution in [0, 0.1) is 17.8 Å². The van der Waals surface area contributed by atoms with Crippen molar-refractivity contribution in [3.8, 4) is 0 Å². The highest BCUT2D eigenvalue weighted by atomic mass is 35.5. The van der Waals surface area contributed by atoms with Gasteiger partial charge in [-0.2, -0.15) is 0 Å². The fourth-order valence-electron chi connectivity index (χ4n) is 5.38. The topological polar surface area (TPSA) is 41.1 Å². The first-order valence-electron chi connectivity index (χ1n) is 8.41. The Morgan fingerprint density at radius 3 is 2.36 bits per heavy atom. The van der Waals surface area contributed by atoms with E-state index in [0.717, 1.165) is 23.4 Å². The fraction of sp³-hybridized carbons (Fsp3) is 0.611. The first-order valence-corrected chi connectivity index (χ1v) is 8.78. The van der Waals surface area contributed by atoms with Crippen LogP contribution in [-0.4, -0.2) is 18.0 Å². The minimum Gasteiger partial charge on any atom is -0.376 e. The lowest BCUT2D eigenvalue weighted by atomic mass is 9.53. The lowest BCUT2D eigenvalue weighted by molar-refractivity contribution is -0.125. The molecule has 1 amide bonds. The number of benzene rings is 1. The van der Waals surface area contributed by atoms with E-state index in [4.69, 9.17) is 11.6 Å². The van der Waals surface area contributed by atoms with Crippen molar-refractivity contribution >= 4 is 23.2 Å². The molecule has 118 valence electrons. The Bertz CT molecular complexity index is 551. The van der Waals surface area contributed by atoms with E-state index in [2.05, 4.69) is 10.6 Å². The molecule has 22 heavy (non-hydrogen) atoms. The molecule has 0 aliphatic heterocycles. The molecule has 4 bridgehead atoms. The molecule has 3 nitrogen and oxygen atoms in total. The van der Waals surface area contributed by atoms with Gasteiger partial charge >= 0.3 is 0 Å². The second-order valence-corrected chi connectivity index (χ2v) is 8.05. The van der Waals surface area contributed by atoms with Gasteiger partial charge in [-0.15, -0.1) is 0 Å². The molecule has 0 spiro atoms. The number of halogens is 1. The SMILES string of the molecule is O=C(CNc1cccc(Cl)c1)NC12CC3CC(CC(C3)C1)C2. The van der Waals surface area contributed by atoms with Crippen molar-refractivity contribution in [1.82, 2.24) is 5.32 Å². The summed E-state index contributed by atoms with van der Waals surface area (Å²) < 4.78 is 0. The number of rotatable bonds is 4. The number of amides is 1. The summed E-state index contributed by atoms with van der Waals surface area (Å²) in [6.45, 7) is 0.322. The maximum Gasteiger partial charge on any atom is 0.239 e. The van der Waals surface area contributed by atoms with E-state index in [1.807, 2.05) is 24.3 Å². The molecule has 0 saturated heterocycles. The number of hydrogen-bond acceptors (Lipinski definition) is 2. The van der Waals surface area contributed by atoms with Gasteiger partial charge in [0.2, 0.25) is 5.91 Å². The molecule has 4 heteroatoms. The third-order valence-electron chi connectivity index (χ3n) is 5.72. The monoisotopic (exact) mass is 318 g/mol. The predicted octanol–water partition coefficient (Wildman–Crippen LogP) is 3.84. The van der Waals surface area contributed by atoms with Crippen LogP contribution in [-0.2, 0) is 4.79 Å². The highest BCUT2D eigenvalue weighted by molar-refractivity contribution is 6.30. The van der Waals surface area contributed by atoms with Crippen LogP contribution in [0.2, 0.25) is 5.02 Å². The van der Waals surface area contributed by atoms with E-state index in [-0.39, 0.29) is 11.4 Å². The number of carbonyl (C=O) groups excluding carboxylic acids is 1. The van der Waals surface area contributed by atoms with E-state index < -0.39 is 0 Å². The Balaban J connectivity index is 1.36. The van der Waals surface area contributed by atoms with Crippen molar-refractivity contribution in [2.45, 2.75) is 44.1 Å². The number of anilines is 1. The Morgan fingerprint density at radius 1 is 1.14 bits per heavy atom. The zero-order valence-electron chi connectivity index (χ0n) is 12.8. The van der Waals surface area contributed by atoms with Crippen molar-refractivity contribution in [2.24, 2.45) is 17.8 Å². The van der Waals surface area contributed by atoms with E-state index in [0.29, 0.717) is 11.6 Å². The highest BCUT2D eigenvalue weighted by Crippen LogP contribution is 2.55. The quantitative estimate of drug-likeness (QED) is 0.885. The van der Waals surface area contributed by atoms with Crippen LogP contribution in [0.3, 0.4) is 0 Å². The van der Waals surface area contributed by atoms with Gasteiger partial charge in [0.1, 0.15) is 0 Å². The van der Waals surface area contributed by atoms with Crippen LogP contribution in [0.1, 0.15) is 38.5 Å². The molecule has 0 unspecified atom stereocenters. The van der Waals surface area contributed by atoms with Gasteiger partial charge in [-0.3, -0.25) is 4.79 Å². The predicted molar refractivity (Wildman–Crippen MR) is 89.0 cm³/mol.